The standard InChI is InChI=1S/C22H24N2O6/c1-4-28-17-8-6-5-7-15(17)10-12-21(25)29-14-20-23-22(24-30-20)16-9-11-18(26-2)19(13-16)27-3/h5-9,11,13H,4,10,12,14H2,1-3H3. The fourth-order valence-electron chi connectivity index (χ4n) is 2.86. The predicted molar refractivity (Wildman–Crippen MR) is 109 cm³/mol. The van der Waals surface area contributed by atoms with E-state index >= 15 is 0 Å². The van der Waals surface area contributed by atoms with Crippen molar-refractivity contribution in [3.05, 3.63) is 53.9 Å². The lowest BCUT2D eigenvalue weighted by molar-refractivity contribution is -0.145. The summed E-state index contributed by atoms with van der Waals surface area (Å²) < 4.78 is 26.5. The summed E-state index contributed by atoms with van der Waals surface area (Å²) in [4.78, 5) is 16.4. The topological polar surface area (TPSA) is 92.9 Å². The van der Waals surface area contributed by atoms with Gasteiger partial charge < -0.3 is 23.5 Å². The lowest BCUT2D eigenvalue weighted by Crippen LogP contribution is -2.07. The Morgan fingerprint density at radius 3 is 2.60 bits per heavy atom. The summed E-state index contributed by atoms with van der Waals surface area (Å²) in [6.45, 7) is 2.40. The molecule has 0 aliphatic heterocycles. The molecule has 0 unspecified atom stereocenters. The van der Waals surface area contributed by atoms with E-state index in [0.29, 0.717) is 35.9 Å². The van der Waals surface area contributed by atoms with Crippen molar-refractivity contribution in [3.8, 4) is 28.6 Å². The van der Waals surface area contributed by atoms with E-state index in [1.807, 2.05) is 31.2 Å². The zero-order chi connectivity index (χ0) is 21.3. The lowest BCUT2D eigenvalue weighted by Gasteiger charge is -2.09. The Balaban J connectivity index is 1.55. The van der Waals surface area contributed by atoms with E-state index < -0.39 is 0 Å². The third-order valence-corrected chi connectivity index (χ3v) is 4.34. The van der Waals surface area contributed by atoms with Gasteiger partial charge >= 0.3 is 5.97 Å². The van der Waals surface area contributed by atoms with E-state index in [1.165, 1.54) is 0 Å². The Bertz CT molecular complexity index is 985. The molecule has 1 heterocycles. The summed E-state index contributed by atoms with van der Waals surface area (Å²) in [6.07, 6.45) is 0.747. The van der Waals surface area contributed by atoms with E-state index in [4.69, 9.17) is 23.5 Å². The molecule has 30 heavy (non-hydrogen) atoms. The van der Waals surface area contributed by atoms with Crippen LogP contribution in [-0.4, -0.2) is 36.9 Å². The van der Waals surface area contributed by atoms with Crippen LogP contribution in [0.15, 0.2) is 47.0 Å². The van der Waals surface area contributed by atoms with Crippen LogP contribution in [-0.2, 0) is 22.6 Å². The number of para-hydroxylation sites is 1. The average Bonchev–Trinajstić information content (AvgIpc) is 3.26. The van der Waals surface area contributed by atoms with Crippen molar-refractivity contribution in [3.63, 3.8) is 0 Å². The molecule has 1 aromatic heterocycles. The number of carbonyl (C=O) groups is 1. The van der Waals surface area contributed by atoms with E-state index in [-0.39, 0.29) is 24.9 Å². The van der Waals surface area contributed by atoms with Gasteiger partial charge in [-0.05, 0) is 43.2 Å². The van der Waals surface area contributed by atoms with Crippen molar-refractivity contribution in [2.45, 2.75) is 26.4 Å². The minimum atomic E-state index is -0.354. The third-order valence-electron chi connectivity index (χ3n) is 4.34. The number of aryl methyl sites for hydroxylation is 1. The molecule has 0 amide bonds. The van der Waals surface area contributed by atoms with Gasteiger partial charge in [-0.25, -0.2) is 0 Å². The molecule has 0 spiro atoms. The monoisotopic (exact) mass is 412 g/mol. The second-order valence-electron chi connectivity index (χ2n) is 6.28. The van der Waals surface area contributed by atoms with E-state index in [0.717, 1.165) is 11.3 Å². The van der Waals surface area contributed by atoms with Crippen molar-refractivity contribution in [1.82, 2.24) is 10.1 Å². The molecule has 158 valence electrons. The van der Waals surface area contributed by atoms with Gasteiger partial charge in [-0.15, -0.1) is 0 Å². The predicted octanol–water partition coefficient (Wildman–Crippen LogP) is 3.83. The summed E-state index contributed by atoms with van der Waals surface area (Å²) in [5, 5.41) is 3.93. The summed E-state index contributed by atoms with van der Waals surface area (Å²) in [7, 11) is 3.11. The molecule has 0 saturated heterocycles. The second-order valence-corrected chi connectivity index (χ2v) is 6.28. The first-order valence-corrected chi connectivity index (χ1v) is 9.56. The fraction of sp³-hybridized carbons (Fsp3) is 0.318. The van der Waals surface area contributed by atoms with Crippen molar-refractivity contribution in [1.29, 1.82) is 0 Å². The number of methoxy groups -OCH3 is 2. The maximum Gasteiger partial charge on any atom is 0.306 e. The summed E-state index contributed by atoms with van der Waals surface area (Å²) in [6, 6.07) is 12.9. The molecule has 0 aliphatic carbocycles. The highest BCUT2D eigenvalue weighted by Gasteiger charge is 2.14. The number of nitrogens with zero attached hydrogens (tertiary/aromatic N) is 2. The van der Waals surface area contributed by atoms with Crippen LogP contribution in [0.2, 0.25) is 0 Å². The van der Waals surface area contributed by atoms with Crippen molar-refractivity contribution < 1.29 is 28.3 Å². The van der Waals surface area contributed by atoms with Crippen molar-refractivity contribution in [2.75, 3.05) is 20.8 Å². The van der Waals surface area contributed by atoms with Gasteiger partial charge in [0, 0.05) is 12.0 Å². The Morgan fingerprint density at radius 1 is 1.03 bits per heavy atom. The first kappa shape index (κ1) is 21.2. The van der Waals surface area contributed by atoms with Crippen LogP contribution in [0.3, 0.4) is 0 Å². The van der Waals surface area contributed by atoms with Crippen LogP contribution in [0.1, 0.15) is 24.8 Å². The van der Waals surface area contributed by atoms with Crippen LogP contribution < -0.4 is 14.2 Å². The summed E-state index contributed by atoms with van der Waals surface area (Å²) in [5.41, 5.74) is 1.66. The number of carbonyl (C=O) groups excluding carboxylic acids is 1. The van der Waals surface area contributed by atoms with Crippen LogP contribution in [0.5, 0.6) is 17.2 Å². The van der Waals surface area contributed by atoms with Gasteiger partial charge in [0.15, 0.2) is 18.1 Å². The van der Waals surface area contributed by atoms with Gasteiger partial charge in [-0.1, -0.05) is 23.4 Å². The van der Waals surface area contributed by atoms with E-state index in [9.17, 15) is 4.79 Å². The lowest BCUT2D eigenvalue weighted by atomic mass is 10.1. The highest BCUT2D eigenvalue weighted by Crippen LogP contribution is 2.31. The number of rotatable bonds is 10. The second kappa shape index (κ2) is 10.3. The molecule has 0 N–H and O–H groups in total. The first-order valence-electron chi connectivity index (χ1n) is 9.56. The molecular formula is C22H24N2O6. The molecule has 3 aromatic rings. The molecule has 0 fully saturated rings. The average molecular weight is 412 g/mol. The van der Waals surface area contributed by atoms with Crippen LogP contribution in [0.4, 0.5) is 0 Å². The fourth-order valence-corrected chi connectivity index (χ4v) is 2.86. The zero-order valence-electron chi connectivity index (χ0n) is 17.2. The number of benzene rings is 2. The molecule has 2 aromatic carbocycles. The van der Waals surface area contributed by atoms with Gasteiger partial charge in [0.2, 0.25) is 5.82 Å². The number of hydrogen-bond acceptors (Lipinski definition) is 8. The first-order chi connectivity index (χ1) is 14.6. The maximum atomic E-state index is 12.1. The normalized spacial score (nSPS) is 10.5. The highest BCUT2D eigenvalue weighted by molar-refractivity contribution is 5.69. The van der Waals surface area contributed by atoms with Gasteiger partial charge in [0.05, 0.1) is 20.8 Å². The number of hydrogen-bond donors (Lipinski definition) is 0. The largest absolute Gasteiger partial charge is 0.494 e. The van der Waals surface area contributed by atoms with Crippen LogP contribution in [0.25, 0.3) is 11.4 Å². The molecule has 8 heteroatoms. The highest BCUT2D eigenvalue weighted by atomic mass is 16.6. The Kier molecular flexibility index (Phi) is 7.26. The number of aromatic nitrogens is 2. The van der Waals surface area contributed by atoms with E-state index in [2.05, 4.69) is 10.1 Å². The SMILES string of the molecule is CCOc1ccccc1CCC(=O)OCc1nc(-c2ccc(OC)c(OC)c2)no1. The Morgan fingerprint density at radius 2 is 1.83 bits per heavy atom. The summed E-state index contributed by atoms with van der Waals surface area (Å²) in [5.74, 6) is 2.16. The molecule has 0 saturated carbocycles. The Labute approximate surface area is 174 Å². The molecule has 8 nitrogen and oxygen atoms in total. The van der Waals surface area contributed by atoms with E-state index in [1.54, 1.807) is 32.4 Å². The van der Waals surface area contributed by atoms with Crippen LogP contribution in [0, 0.1) is 0 Å². The number of esters is 1. The minimum absolute atomic E-state index is 0.0910. The Hall–Kier alpha value is -3.55. The van der Waals surface area contributed by atoms with Gasteiger partial charge in [-0.3, -0.25) is 4.79 Å². The maximum absolute atomic E-state index is 12.1. The molecule has 0 radical (unpaired) electrons. The zero-order valence-corrected chi connectivity index (χ0v) is 17.2. The minimum Gasteiger partial charge on any atom is -0.494 e. The molecule has 0 atom stereocenters. The van der Waals surface area contributed by atoms with Crippen molar-refractivity contribution >= 4 is 5.97 Å². The van der Waals surface area contributed by atoms with Gasteiger partial charge in [-0.2, -0.15) is 4.98 Å². The molecule has 0 bridgehead atoms. The number of ether oxygens (including phenoxy) is 4. The van der Waals surface area contributed by atoms with Crippen LogP contribution >= 0.6 is 0 Å². The third kappa shape index (κ3) is 5.28. The quantitative estimate of drug-likeness (QED) is 0.464. The van der Waals surface area contributed by atoms with Gasteiger partial charge in [0.1, 0.15) is 5.75 Å². The smallest absolute Gasteiger partial charge is 0.306 e. The molecular weight excluding hydrogens is 388 g/mol. The molecule has 0 aliphatic rings. The van der Waals surface area contributed by atoms with Crippen molar-refractivity contribution in [2.24, 2.45) is 0 Å². The van der Waals surface area contributed by atoms with Gasteiger partial charge in [0.25, 0.3) is 5.89 Å². The molecule has 3 rings (SSSR count). The summed E-state index contributed by atoms with van der Waals surface area (Å²) >= 11 is 0.